The van der Waals surface area contributed by atoms with Gasteiger partial charge in [0.1, 0.15) is 24.4 Å². The Morgan fingerprint density at radius 1 is 1.21 bits per heavy atom. The van der Waals surface area contributed by atoms with Gasteiger partial charge in [0, 0.05) is 12.4 Å². The molecule has 4 N–H and O–H groups in total. The number of halogens is 1. The average Bonchev–Trinajstić information content (AvgIpc) is 2.59. The molecule has 1 saturated heterocycles. The van der Waals surface area contributed by atoms with Crippen molar-refractivity contribution in [1.82, 2.24) is 9.91 Å². The van der Waals surface area contributed by atoms with Crippen molar-refractivity contribution in [2.45, 2.75) is 50.4 Å². The number of hydrogen-bond donors (Lipinski definition) is 4. The van der Waals surface area contributed by atoms with Crippen LogP contribution in [0.2, 0.25) is 0 Å². The smallest absolute Gasteiger partial charge is 0.345 e. The van der Waals surface area contributed by atoms with E-state index in [1.54, 1.807) is 0 Å². The predicted molar refractivity (Wildman–Crippen MR) is 84.0 cm³/mol. The summed E-state index contributed by atoms with van der Waals surface area (Å²) >= 11 is 5.53. The summed E-state index contributed by atoms with van der Waals surface area (Å²) in [6.45, 7) is 1.25. The number of alkyl halides is 1. The van der Waals surface area contributed by atoms with Crippen LogP contribution in [0.25, 0.3) is 0 Å². The Bertz CT molecular complexity index is 415. The van der Waals surface area contributed by atoms with Crippen molar-refractivity contribution in [1.29, 1.82) is 0 Å². The predicted octanol–water partition coefficient (Wildman–Crippen LogP) is -0.769. The van der Waals surface area contributed by atoms with E-state index >= 15 is 0 Å². The topological polar surface area (TPSA) is 143 Å². The van der Waals surface area contributed by atoms with Crippen molar-refractivity contribution in [3.05, 3.63) is 4.91 Å². The molecular formula is C13H24ClN3O7. The zero-order valence-electron chi connectivity index (χ0n) is 13.4. The van der Waals surface area contributed by atoms with Crippen LogP contribution in [0.4, 0.5) is 4.79 Å². The lowest BCUT2D eigenvalue weighted by molar-refractivity contribution is -0.258. The second-order valence-corrected chi connectivity index (χ2v) is 5.82. The van der Waals surface area contributed by atoms with E-state index in [9.17, 15) is 30.1 Å². The van der Waals surface area contributed by atoms with Crippen LogP contribution in [0.1, 0.15) is 19.8 Å². The van der Waals surface area contributed by atoms with Gasteiger partial charge in [0.2, 0.25) is 0 Å². The number of carbonyl (C=O) groups is 1. The third-order valence-electron chi connectivity index (χ3n) is 3.79. The lowest BCUT2D eigenvalue weighted by Crippen LogP contribution is -2.65. The van der Waals surface area contributed by atoms with E-state index in [4.69, 9.17) is 16.3 Å². The lowest BCUT2D eigenvalue weighted by atomic mass is 9.97. The number of unbranched alkanes of at least 4 members (excludes halogenated alkanes) is 1. The highest BCUT2D eigenvalue weighted by molar-refractivity contribution is 6.18. The fourth-order valence-electron chi connectivity index (χ4n) is 2.40. The summed E-state index contributed by atoms with van der Waals surface area (Å²) in [7, 11) is 0. The minimum Gasteiger partial charge on any atom is -0.394 e. The van der Waals surface area contributed by atoms with Gasteiger partial charge in [-0.05, 0) is 6.42 Å². The van der Waals surface area contributed by atoms with Crippen molar-refractivity contribution >= 4 is 17.6 Å². The Kier molecular flexibility index (Phi) is 8.81. The number of amides is 2. The summed E-state index contributed by atoms with van der Waals surface area (Å²) < 4.78 is 5.38. The van der Waals surface area contributed by atoms with Gasteiger partial charge in [-0.3, -0.25) is 4.90 Å². The van der Waals surface area contributed by atoms with Gasteiger partial charge in [-0.25, -0.2) is 4.79 Å². The first kappa shape index (κ1) is 21.0. The van der Waals surface area contributed by atoms with E-state index < -0.39 is 43.3 Å². The normalized spacial score (nSPS) is 30.0. The summed E-state index contributed by atoms with van der Waals surface area (Å²) in [5, 5.41) is 42.3. The van der Waals surface area contributed by atoms with Gasteiger partial charge in [-0.2, -0.15) is 5.01 Å². The molecule has 0 spiro atoms. The molecule has 0 radical (unpaired) electrons. The summed E-state index contributed by atoms with van der Waals surface area (Å²) in [5.74, 6) is -0.0201. The van der Waals surface area contributed by atoms with Gasteiger partial charge in [-0.15, -0.1) is 16.5 Å². The van der Waals surface area contributed by atoms with Crippen LogP contribution in [0, 0.1) is 4.91 Å². The van der Waals surface area contributed by atoms with Gasteiger partial charge in [-0.1, -0.05) is 13.3 Å². The van der Waals surface area contributed by atoms with E-state index in [-0.39, 0.29) is 19.0 Å². The quantitative estimate of drug-likeness (QED) is 0.250. The Labute approximate surface area is 144 Å². The molecule has 0 saturated carbocycles. The molecule has 0 aromatic heterocycles. The first-order valence-corrected chi connectivity index (χ1v) is 8.24. The number of hydrogen-bond acceptors (Lipinski definition) is 8. The number of aliphatic hydroxyl groups excluding tert-OH is 4. The van der Waals surface area contributed by atoms with Crippen molar-refractivity contribution in [2.24, 2.45) is 5.29 Å². The van der Waals surface area contributed by atoms with E-state index in [0.29, 0.717) is 17.9 Å². The van der Waals surface area contributed by atoms with Crippen LogP contribution < -0.4 is 0 Å². The highest BCUT2D eigenvalue weighted by atomic mass is 35.5. The van der Waals surface area contributed by atoms with Gasteiger partial charge in [0.25, 0.3) is 0 Å². The molecule has 140 valence electrons. The monoisotopic (exact) mass is 369 g/mol. The second-order valence-electron chi connectivity index (χ2n) is 5.44. The Hall–Kier alpha value is -1.04. The van der Waals surface area contributed by atoms with Crippen molar-refractivity contribution < 1.29 is 30.0 Å². The van der Waals surface area contributed by atoms with E-state index in [1.807, 2.05) is 6.92 Å². The first-order chi connectivity index (χ1) is 11.4. The van der Waals surface area contributed by atoms with Crippen LogP contribution in [0.3, 0.4) is 0 Å². The largest absolute Gasteiger partial charge is 0.394 e. The summed E-state index contributed by atoms with van der Waals surface area (Å²) in [5.41, 5.74) is 0. The van der Waals surface area contributed by atoms with Crippen LogP contribution >= 0.6 is 11.6 Å². The lowest BCUT2D eigenvalue weighted by Gasteiger charge is -2.44. The Morgan fingerprint density at radius 2 is 1.88 bits per heavy atom. The van der Waals surface area contributed by atoms with Crippen molar-refractivity contribution in [3.63, 3.8) is 0 Å². The SMILES string of the molecule is CCCCN(C(=O)N(CCCl)N=O)[C@@H]1O[C@H](CO)[C@@H](O)[C@H](O)[C@H]1O. The standard InChI is InChI=1S/C13H24ClN3O7/c1-2-3-5-16(13(22)17(15-23)6-4-14)12-11(21)10(20)9(19)8(7-18)24-12/h8-12,18-21H,2-7H2,1H3/t8-,9-,10+,11-,12-/m1/s1. The molecular weight excluding hydrogens is 346 g/mol. The molecule has 1 rings (SSSR count). The van der Waals surface area contributed by atoms with Crippen LogP contribution in [-0.4, -0.2) is 92.6 Å². The highest BCUT2D eigenvalue weighted by Gasteiger charge is 2.47. The van der Waals surface area contributed by atoms with Gasteiger partial charge in [0.05, 0.1) is 18.4 Å². The maximum atomic E-state index is 12.5. The average molecular weight is 370 g/mol. The third-order valence-corrected chi connectivity index (χ3v) is 3.96. The van der Waals surface area contributed by atoms with Crippen molar-refractivity contribution in [2.75, 3.05) is 25.6 Å². The molecule has 0 aromatic rings. The molecule has 1 aliphatic heterocycles. The van der Waals surface area contributed by atoms with Crippen molar-refractivity contribution in [3.8, 4) is 0 Å². The number of aliphatic hydroxyl groups is 4. The zero-order valence-corrected chi connectivity index (χ0v) is 14.1. The maximum Gasteiger partial charge on any atom is 0.345 e. The van der Waals surface area contributed by atoms with Crippen LogP contribution in [0.5, 0.6) is 0 Å². The second kappa shape index (κ2) is 10.1. The fourth-order valence-corrected chi connectivity index (χ4v) is 2.56. The molecule has 1 aliphatic rings. The van der Waals surface area contributed by atoms with E-state index in [2.05, 4.69) is 5.29 Å². The molecule has 0 aromatic carbocycles. The number of ether oxygens (including phenoxy) is 1. The number of nitroso groups, excluding NO2 is 1. The highest BCUT2D eigenvalue weighted by Crippen LogP contribution is 2.25. The van der Waals surface area contributed by atoms with Gasteiger partial charge >= 0.3 is 6.03 Å². The Morgan fingerprint density at radius 3 is 2.38 bits per heavy atom. The molecule has 10 nitrogen and oxygen atoms in total. The molecule has 11 heteroatoms. The molecule has 1 fully saturated rings. The Balaban J connectivity index is 3.04. The molecule has 0 unspecified atom stereocenters. The third kappa shape index (κ3) is 4.74. The molecule has 5 atom stereocenters. The molecule has 1 heterocycles. The van der Waals surface area contributed by atoms with E-state index in [1.165, 1.54) is 0 Å². The number of carbonyl (C=O) groups excluding carboxylic acids is 1. The first-order valence-electron chi connectivity index (χ1n) is 7.70. The minimum atomic E-state index is -1.62. The number of nitrogens with zero attached hydrogens (tertiary/aromatic N) is 3. The summed E-state index contributed by atoms with van der Waals surface area (Å²) in [6.07, 6.45) is -6.03. The number of urea groups is 1. The zero-order chi connectivity index (χ0) is 18.3. The minimum absolute atomic E-state index is 0.0201. The molecule has 0 bridgehead atoms. The maximum absolute atomic E-state index is 12.5. The molecule has 2 amide bonds. The molecule has 0 aliphatic carbocycles. The van der Waals surface area contributed by atoms with Crippen LogP contribution in [-0.2, 0) is 4.74 Å². The summed E-state index contributed by atoms with van der Waals surface area (Å²) in [4.78, 5) is 24.4. The summed E-state index contributed by atoms with van der Waals surface area (Å²) in [6, 6.07) is -0.844. The van der Waals surface area contributed by atoms with E-state index in [0.717, 1.165) is 4.90 Å². The molecule has 24 heavy (non-hydrogen) atoms. The fraction of sp³-hybridized carbons (Fsp3) is 0.923. The van der Waals surface area contributed by atoms with Gasteiger partial charge < -0.3 is 25.2 Å². The van der Waals surface area contributed by atoms with Crippen LogP contribution in [0.15, 0.2) is 5.29 Å². The number of rotatable bonds is 8. The van der Waals surface area contributed by atoms with Gasteiger partial charge in [0.15, 0.2) is 6.23 Å².